The van der Waals surface area contributed by atoms with E-state index in [0.717, 1.165) is 19.6 Å². The first kappa shape index (κ1) is 11.5. The van der Waals surface area contributed by atoms with Crippen molar-refractivity contribution in [3.63, 3.8) is 0 Å². The Balaban J connectivity index is 1.97. The Morgan fingerprint density at radius 3 is 2.76 bits per heavy atom. The van der Waals surface area contributed by atoms with Crippen LogP contribution in [-0.2, 0) is 21.8 Å². The van der Waals surface area contributed by atoms with Crippen LogP contribution < -0.4 is 0 Å². The van der Waals surface area contributed by atoms with Crippen molar-refractivity contribution in [3.8, 4) is 0 Å². The molecule has 2 heterocycles. The average Bonchev–Trinajstić information content (AvgIpc) is 2.79. The molecule has 1 saturated heterocycles. The standard InChI is InChI=1S/C13H16ClNO2/c14-5-6-15-9-11-3-1-2-4-12(11)13(10-15)16-7-8-17-13/h1-4H,5-10H2. The molecule has 0 aromatic heterocycles. The van der Waals surface area contributed by atoms with E-state index in [4.69, 9.17) is 21.1 Å². The summed E-state index contributed by atoms with van der Waals surface area (Å²) in [5.74, 6) is 0.0825. The third-order valence-corrected chi connectivity index (χ3v) is 3.58. The Morgan fingerprint density at radius 1 is 1.24 bits per heavy atom. The predicted octanol–water partition coefficient (Wildman–Crippen LogP) is 1.94. The van der Waals surface area contributed by atoms with E-state index in [0.29, 0.717) is 19.1 Å². The molecule has 0 unspecified atom stereocenters. The van der Waals surface area contributed by atoms with Crippen molar-refractivity contribution >= 4 is 11.6 Å². The summed E-state index contributed by atoms with van der Waals surface area (Å²) in [4.78, 5) is 2.29. The highest BCUT2D eigenvalue weighted by Crippen LogP contribution is 2.38. The average molecular weight is 254 g/mol. The number of halogens is 1. The van der Waals surface area contributed by atoms with Crippen molar-refractivity contribution in [3.05, 3.63) is 35.4 Å². The first-order valence-corrected chi connectivity index (χ1v) is 6.52. The van der Waals surface area contributed by atoms with Crippen LogP contribution in [0, 0.1) is 0 Å². The molecule has 3 nitrogen and oxygen atoms in total. The van der Waals surface area contributed by atoms with Crippen molar-refractivity contribution in [2.75, 3.05) is 32.2 Å². The van der Waals surface area contributed by atoms with Crippen LogP contribution in [-0.4, -0.2) is 37.1 Å². The third kappa shape index (κ3) is 1.97. The van der Waals surface area contributed by atoms with Gasteiger partial charge in [0.2, 0.25) is 5.79 Å². The smallest absolute Gasteiger partial charge is 0.208 e. The van der Waals surface area contributed by atoms with Crippen molar-refractivity contribution in [1.29, 1.82) is 0 Å². The van der Waals surface area contributed by atoms with Crippen LogP contribution in [0.2, 0.25) is 0 Å². The summed E-state index contributed by atoms with van der Waals surface area (Å²) in [5, 5.41) is 0. The molecule has 0 saturated carbocycles. The van der Waals surface area contributed by atoms with E-state index in [1.807, 2.05) is 6.07 Å². The number of hydrogen-bond acceptors (Lipinski definition) is 3. The quantitative estimate of drug-likeness (QED) is 0.752. The minimum Gasteiger partial charge on any atom is -0.342 e. The van der Waals surface area contributed by atoms with Gasteiger partial charge in [0.05, 0.1) is 19.8 Å². The SMILES string of the molecule is ClCCN1Cc2ccccc2C2(C1)OCCO2. The second-order valence-electron chi connectivity index (χ2n) is 4.51. The fourth-order valence-corrected chi connectivity index (χ4v) is 2.92. The van der Waals surface area contributed by atoms with Gasteiger partial charge in [-0.05, 0) is 5.56 Å². The molecule has 0 N–H and O–H groups in total. The minimum atomic E-state index is -0.555. The zero-order valence-electron chi connectivity index (χ0n) is 9.69. The fraction of sp³-hybridized carbons (Fsp3) is 0.538. The molecule has 0 aliphatic carbocycles. The number of alkyl halides is 1. The van der Waals surface area contributed by atoms with Gasteiger partial charge in [-0.15, -0.1) is 11.6 Å². The van der Waals surface area contributed by atoms with Crippen molar-refractivity contribution in [2.45, 2.75) is 12.3 Å². The molecular formula is C13H16ClNO2. The summed E-state index contributed by atoms with van der Waals surface area (Å²) < 4.78 is 11.8. The van der Waals surface area contributed by atoms with Crippen molar-refractivity contribution in [1.82, 2.24) is 4.90 Å². The van der Waals surface area contributed by atoms with E-state index in [1.54, 1.807) is 0 Å². The monoisotopic (exact) mass is 253 g/mol. The summed E-state index contributed by atoms with van der Waals surface area (Å²) in [6, 6.07) is 8.36. The van der Waals surface area contributed by atoms with Gasteiger partial charge in [-0.2, -0.15) is 0 Å². The zero-order chi connectivity index (χ0) is 11.7. The molecule has 4 heteroatoms. The summed E-state index contributed by atoms with van der Waals surface area (Å²) in [5.41, 5.74) is 2.47. The Kier molecular flexibility index (Phi) is 3.09. The molecule has 17 heavy (non-hydrogen) atoms. The summed E-state index contributed by atoms with van der Waals surface area (Å²) in [7, 11) is 0. The van der Waals surface area contributed by atoms with E-state index in [-0.39, 0.29) is 0 Å². The highest BCUT2D eigenvalue weighted by atomic mass is 35.5. The maximum atomic E-state index is 5.88. The summed E-state index contributed by atoms with van der Waals surface area (Å²) in [6.45, 7) is 3.91. The highest BCUT2D eigenvalue weighted by molar-refractivity contribution is 6.18. The van der Waals surface area contributed by atoms with E-state index in [9.17, 15) is 0 Å². The molecule has 3 rings (SSSR count). The second-order valence-corrected chi connectivity index (χ2v) is 4.88. The van der Waals surface area contributed by atoms with E-state index >= 15 is 0 Å². The molecule has 1 spiro atoms. The second kappa shape index (κ2) is 4.58. The topological polar surface area (TPSA) is 21.7 Å². The molecule has 1 fully saturated rings. The van der Waals surface area contributed by atoms with Gasteiger partial charge in [0.25, 0.3) is 0 Å². The van der Waals surface area contributed by atoms with Gasteiger partial charge in [0, 0.05) is 24.5 Å². The predicted molar refractivity (Wildman–Crippen MR) is 66.0 cm³/mol. The first-order chi connectivity index (χ1) is 8.34. The van der Waals surface area contributed by atoms with Gasteiger partial charge in [-0.25, -0.2) is 0 Å². The molecule has 1 aromatic rings. The lowest BCUT2D eigenvalue weighted by Crippen LogP contribution is -2.47. The Hall–Kier alpha value is -0.610. The lowest BCUT2D eigenvalue weighted by molar-refractivity contribution is -0.186. The molecule has 1 aromatic carbocycles. The normalized spacial score (nSPS) is 22.9. The molecule has 0 atom stereocenters. The van der Waals surface area contributed by atoms with Gasteiger partial charge in [-0.3, -0.25) is 4.90 Å². The number of ether oxygens (including phenoxy) is 2. The Labute approximate surface area is 106 Å². The molecule has 0 bridgehead atoms. The van der Waals surface area contributed by atoms with Crippen LogP contribution >= 0.6 is 11.6 Å². The lowest BCUT2D eigenvalue weighted by Gasteiger charge is -2.39. The van der Waals surface area contributed by atoms with Crippen molar-refractivity contribution < 1.29 is 9.47 Å². The largest absolute Gasteiger partial charge is 0.342 e. The van der Waals surface area contributed by atoms with Crippen LogP contribution in [0.25, 0.3) is 0 Å². The Bertz CT molecular complexity index is 404. The van der Waals surface area contributed by atoms with Gasteiger partial charge >= 0.3 is 0 Å². The fourth-order valence-electron chi connectivity index (χ4n) is 2.69. The lowest BCUT2D eigenvalue weighted by atomic mass is 9.94. The number of benzene rings is 1. The summed E-state index contributed by atoms with van der Waals surface area (Å²) in [6.07, 6.45) is 0. The Morgan fingerprint density at radius 2 is 2.00 bits per heavy atom. The van der Waals surface area contributed by atoms with Crippen LogP contribution in [0.1, 0.15) is 11.1 Å². The molecule has 92 valence electrons. The number of fused-ring (bicyclic) bond motifs is 2. The van der Waals surface area contributed by atoms with E-state index in [2.05, 4.69) is 23.1 Å². The van der Waals surface area contributed by atoms with Crippen LogP contribution in [0.5, 0.6) is 0 Å². The molecule has 2 aliphatic heterocycles. The van der Waals surface area contributed by atoms with E-state index < -0.39 is 5.79 Å². The zero-order valence-corrected chi connectivity index (χ0v) is 10.4. The number of hydrogen-bond donors (Lipinski definition) is 0. The first-order valence-electron chi connectivity index (χ1n) is 5.99. The van der Waals surface area contributed by atoms with Gasteiger partial charge < -0.3 is 9.47 Å². The molecular weight excluding hydrogens is 238 g/mol. The van der Waals surface area contributed by atoms with Crippen molar-refractivity contribution in [2.24, 2.45) is 0 Å². The highest BCUT2D eigenvalue weighted by Gasteiger charge is 2.44. The van der Waals surface area contributed by atoms with Gasteiger partial charge in [0.15, 0.2) is 0 Å². The minimum absolute atomic E-state index is 0.555. The van der Waals surface area contributed by atoms with Gasteiger partial charge in [-0.1, -0.05) is 24.3 Å². The van der Waals surface area contributed by atoms with Gasteiger partial charge in [0.1, 0.15) is 0 Å². The molecule has 0 amide bonds. The molecule has 0 radical (unpaired) electrons. The maximum absolute atomic E-state index is 5.88. The van der Waals surface area contributed by atoms with E-state index in [1.165, 1.54) is 11.1 Å². The molecule has 2 aliphatic rings. The third-order valence-electron chi connectivity index (χ3n) is 3.41. The van der Waals surface area contributed by atoms with Crippen LogP contribution in [0.3, 0.4) is 0 Å². The maximum Gasteiger partial charge on any atom is 0.208 e. The number of rotatable bonds is 2. The summed E-state index contributed by atoms with van der Waals surface area (Å²) >= 11 is 5.83. The van der Waals surface area contributed by atoms with Crippen LogP contribution in [0.4, 0.5) is 0 Å². The van der Waals surface area contributed by atoms with Crippen LogP contribution in [0.15, 0.2) is 24.3 Å². The number of nitrogens with zero attached hydrogens (tertiary/aromatic N) is 1.